The first-order valence-corrected chi connectivity index (χ1v) is 7.88. The molecule has 3 nitrogen and oxygen atoms in total. The Bertz CT molecular complexity index is 471. The molecule has 19 heavy (non-hydrogen) atoms. The lowest BCUT2D eigenvalue weighted by Crippen LogP contribution is -2.26. The van der Waals surface area contributed by atoms with Crippen LogP contribution in [0.15, 0.2) is 0 Å². The van der Waals surface area contributed by atoms with Crippen LogP contribution in [0.2, 0.25) is 0 Å². The molecule has 1 aliphatic carbocycles. The summed E-state index contributed by atoms with van der Waals surface area (Å²) in [6, 6.07) is 0. The van der Waals surface area contributed by atoms with Crippen molar-refractivity contribution in [3.8, 4) is 0 Å². The predicted molar refractivity (Wildman–Crippen MR) is 80.6 cm³/mol. The van der Waals surface area contributed by atoms with Crippen LogP contribution < -0.4 is 5.32 Å². The van der Waals surface area contributed by atoms with Gasteiger partial charge in [0.15, 0.2) is 5.13 Å². The number of thiazole rings is 1. The topological polar surface area (TPSA) is 42.0 Å². The highest BCUT2D eigenvalue weighted by Gasteiger charge is 2.30. The van der Waals surface area contributed by atoms with Gasteiger partial charge in [-0.2, -0.15) is 0 Å². The molecule has 2 rings (SSSR count). The summed E-state index contributed by atoms with van der Waals surface area (Å²) in [5.41, 5.74) is 1.55. The van der Waals surface area contributed by atoms with E-state index in [1.54, 1.807) is 11.3 Å². The van der Waals surface area contributed by atoms with E-state index in [4.69, 9.17) is 0 Å². The van der Waals surface area contributed by atoms with Crippen molar-refractivity contribution in [3.05, 3.63) is 10.6 Å². The number of aryl methyl sites for hydroxylation is 1. The average Bonchev–Trinajstić information content (AvgIpc) is 2.68. The first kappa shape index (κ1) is 14.5. The maximum Gasteiger partial charge on any atom is 0.228 e. The number of anilines is 1. The number of carbonyl (C=O) groups is 1. The summed E-state index contributed by atoms with van der Waals surface area (Å²) in [4.78, 5) is 17.6. The number of hydrogen-bond donors (Lipinski definition) is 1. The van der Waals surface area contributed by atoms with Crippen LogP contribution in [-0.4, -0.2) is 10.9 Å². The minimum atomic E-state index is 0.00301. The molecular formula is C15H24N2OS. The van der Waals surface area contributed by atoms with Gasteiger partial charge >= 0.3 is 0 Å². The van der Waals surface area contributed by atoms with E-state index in [0.717, 1.165) is 18.0 Å². The lowest BCUT2D eigenvalue weighted by molar-refractivity contribution is -0.118. The zero-order chi connectivity index (χ0) is 14.2. The Morgan fingerprint density at radius 3 is 2.68 bits per heavy atom. The minimum Gasteiger partial charge on any atom is -0.302 e. The van der Waals surface area contributed by atoms with Crippen molar-refractivity contribution in [3.63, 3.8) is 0 Å². The number of hydrogen-bond acceptors (Lipinski definition) is 3. The number of carbonyl (C=O) groups excluding carboxylic acids is 1. The molecule has 0 spiro atoms. The van der Waals surface area contributed by atoms with Crippen LogP contribution in [0.3, 0.4) is 0 Å². The van der Waals surface area contributed by atoms with Crippen LogP contribution in [0.25, 0.3) is 0 Å². The van der Waals surface area contributed by atoms with E-state index in [9.17, 15) is 4.79 Å². The van der Waals surface area contributed by atoms with Crippen molar-refractivity contribution in [2.45, 2.75) is 53.9 Å². The first-order valence-electron chi connectivity index (χ1n) is 7.07. The van der Waals surface area contributed by atoms with Gasteiger partial charge in [-0.25, -0.2) is 4.98 Å². The number of aromatic nitrogens is 1. The van der Waals surface area contributed by atoms with Gasteiger partial charge in [-0.1, -0.05) is 34.6 Å². The molecule has 1 N–H and O–H groups in total. The number of nitrogens with zero attached hydrogens (tertiary/aromatic N) is 1. The Kier molecular flexibility index (Phi) is 4.00. The molecule has 1 amide bonds. The van der Waals surface area contributed by atoms with Gasteiger partial charge in [0.1, 0.15) is 0 Å². The Balaban J connectivity index is 2.10. The van der Waals surface area contributed by atoms with Gasteiger partial charge in [0.2, 0.25) is 5.91 Å². The lowest BCUT2D eigenvalue weighted by atomic mass is 9.73. The van der Waals surface area contributed by atoms with Crippen molar-refractivity contribution in [2.24, 2.45) is 17.3 Å². The summed E-state index contributed by atoms with van der Waals surface area (Å²) in [5, 5.41) is 3.70. The third-order valence-corrected chi connectivity index (χ3v) is 4.95. The third kappa shape index (κ3) is 3.35. The lowest BCUT2D eigenvalue weighted by Gasteiger charge is -2.33. The fourth-order valence-corrected chi connectivity index (χ4v) is 3.51. The van der Waals surface area contributed by atoms with E-state index in [2.05, 4.69) is 31.1 Å². The predicted octanol–water partition coefficient (Wildman–Crippen LogP) is 3.89. The molecule has 1 heterocycles. The Labute approximate surface area is 119 Å². The second-order valence-corrected chi connectivity index (χ2v) is 7.92. The first-order chi connectivity index (χ1) is 8.77. The number of fused-ring (bicyclic) bond motifs is 1. The quantitative estimate of drug-likeness (QED) is 0.893. The fraction of sp³-hybridized carbons (Fsp3) is 0.733. The average molecular weight is 280 g/mol. The molecule has 0 aromatic carbocycles. The molecule has 0 saturated heterocycles. The number of amides is 1. The van der Waals surface area contributed by atoms with Crippen molar-refractivity contribution >= 4 is 22.4 Å². The van der Waals surface area contributed by atoms with Crippen LogP contribution in [0.5, 0.6) is 0 Å². The molecule has 106 valence electrons. The van der Waals surface area contributed by atoms with Gasteiger partial charge in [-0.05, 0) is 30.6 Å². The summed E-state index contributed by atoms with van der Waals surface area (Å²) in [6.07, 6.45) is 3.36. The van der Waals surface area contributed by atoms with E-state index in [1.165, 1.54) is 17.0 Å². The van der Waals surface area contributed by atoms with Crippen molar-refractivity contribution in [1.29, 1.82) is 0 Å². The second kappa shape index (κ2) is 5.23. The summed E-state index contributed by atoms with van der Waals surface area (Å²) in [7, 11) is 0. The standard InChI is InChI=1S/C15H24N2OS/c1-9(2)13(18)17-14-16-11-7-6-10(15(3,4)5)8-12(11)19-14/h9-10H,6-8H2,1-5H3,(H,16,17,18)/t10-/m0/s1. The monoisotopic (exact) mass is 280 g/mol. The van der Waals surface area contributed by atoms with Gasteiger partial charge < -0.3 is 5.32 Å². The zero-order valence-corrected chi connectivity index (χ0v) is 13.4. The normalized spacial score (nSPS) is 19.4. The maximum atomic E-state index is 11.7. The number of nitrogens with one attached hydrogen (secondary N) is 1. The fourth-order valence-electron chi connectivity index (χ4n) is 2.42. The summed E-state index contributed by atoms with van der Waals surface area (Å²) >= 11 is 1.66. The minimum absolute atomic E-state index is 0.00301. The molecule has 0 unspecified atom stereocenters. The molecule has 0 bridgehead atoms. The molecule has 0 radical (unpaired) electrons. The molecule has 1 aromatic heterocycles. The molecule has 0 aliphatic heterocycles. The van der Waals surface area contributed by atoms with Crippen molar-refractivity contribution in [1.82, 2.24) is 4.98 Å². The van der Waals surface area contributed by atoms with Crippen LogP contribution in [0, 0.1) is 17.3 Å². The largest absolute Gasteiger partial charge is 0.302 e. The SMILES string of the molecule is CC(C)C(=O)Nc1nc2c(s1)C[C@@H](C(C)(C)C)CC2. The highest BCUT2D eigenvalue weighted by atomic mass is 32.1. The molecule has 0 saturated carbocycles. The van der Waals surface area contributed by atoms with Gasteiger partial charge in [0, 0.05) is 10.8 Å². The molecular weight excluding hydrogens is 256 g/mol. The van der Waals surface area contributed by atoms with Crippen LogP contribution in [0.1, 0.15) is 51.6 Å². The molecule has 0 fully saturated rings. The Morgan fingerprint density at radius 1 is 1.42 bits per heavy atom. The molecule has 1 aromatic rings. The molecule has 1 aliphatic rings. The summed E-state index contributed by atoms with van der Waals surface area (Å²) < 4.78 is 0. The van der Waals surface area contributed by atoms with E-state index in [-0.39, 0.29) is 11.8 Å². The van der Waals surface area contributed by atoms with Gasteiger partial charge in [0.25, 0.3) is 0 Å². The van der Waals surface area contributed by atoms with E-state index >= 15 is 0 Å². The smallest absolute Gasteiger partial charge is 0.228 e. The number of rotatable bonds is 2. The zero-order valence-electron chi connectivity index (χ0n) is 12.5. The second-order valence-electron chi connectivity index (χ2n) is 6.84. The molecule has 4 heteroatoms. The van der Waals surface area contributed by atoms with Crippen molar-refractivity contribution < 1.29 is 4.79 Å². The highest BCUT2D eigenvalue weighted by molar-refractivity contribution is 7.15. The van der Waals surface area contributed by atoms with Crippen LogP contribution in [-0.2, 0) is 17.6 Å². The summed E-state index contributed by atoms with van der Waals surface area (Å²) in [5.74, 6) is 0.774. The Hall–Kier alpha value is -0.900. The van der Waals surface area contributed by atoms with Crippen molar-refractivity contribution in [2.75, 3.05) is 5.32 Å². The Morgan fingerprint density at radius 2 is 2.11 bits per heavy atom. The van der Waals surface area contributed by atoms with Crippen LogP contribution >= 0.6 is 11.3 Å². The highest BCUT2D eigenvalue weighted by Crippen LogP contribution is 2.40. The summed E-state index contributed by atoms with van der Waals surface area (Å²) in [6.45, 7) is 10.7. The van der Waals surface area contributed by atoms with E-state index in [1.807, 2.05) is 13.8 Å². The van der Waals surface area contributed by atoms with E-state index in [0.29, 0.717) is 11.3 Å². The van der Waals surface area contributed by atoms with Crippen LogP contribution in [0.4, 0.5) is 5.13 Å². The molecule has 1 atom stereocenters. The maximum absolute atomic E-state index is 11.7. The van der Waals surface area contributed by atoms with Gasteiger partial charge in [-0.15, -0.1) is 11.3 Å². The van der Waals surface area contributed by atoms with Gasteiger partial charge in [0.05, 0.1) is 5.69 Å². The third-order valence-electron chi connectivity index (χ3n) is 3.92. The van der Waals surface area contributed by atoms with E-state index < -0.39 is 0 Å². The van der Waals surface area contributed by atoms with Gasteiger partial charge in [-0.3, -0.25) is 4.79 Å².